The van der Waals surface area contributed by atoms with Gasteiger partial charge in [-0.15, -0.1) is 0 Å². The molecule has 0 aromatic heterocycles. The summed E-state index contributed by atoms with van der Waals surface area (Å²) in [5, 5.41) is 3.76. The van der Waals surface area contributed by atoms with Gasteiger partial charge in [-0.05, 0) is 68.4 Å². The van der Waals surface area contributed by atoms with Crippen LogP contribution < -0.4 is 5.32 Å². The number of rotatable bonds is 6. The molecule has 1 aliphatic carbocycles. The summed E-state index contributed by atoms with van der Waals surface area (Å²) in [6.07, 6.45) is 8.03. The van der Waals surface area contributed by atoms with Crippen molar-refractivity contribution in [2.24, 2.45) is 11.8 Å². The van der Waals surface area contributed by atoms with E-state index < -0.39 is 0 Å². The predicted molar refractivity (Wildman–Crippen MR) is 89.0 cm³/mol. The summed E-state index contributed by atoms with van der Waals surface area (Å²) in [6, 6.07) is 0.517. The first kappa shape index (κ1) is 16.1. The van der Waals surface area contributed by atoms with E-state index >= 15 is 0 Å². The Hall–Kier alpha value is 0.230. The standard InChI is InChI=1S/C17H31NO2S/c1-3-18-15(16(19-2)13-4-5-13)14-6-9-20-17(12-14)7-10-21-11-8-17/h13-16,18H,3-12H2,1-2H3. The van der Waals surface area contributed by atoms with Crippen molar-refractivity contribution >= 4 is 11.8 Å². The highest BCUT2D eigenvalue weighted by molar-refractivity contribution is 7.99. The van der Waals surface area contributed by atoms with E-state index in [-0.39, 0.29) is 5.60 Å². The van der Waals surface area contributed by atoms with Gasteiger partial charge in [0, 0.05) is 19.8 Å². The van der Waals surface area contributed by atoms with Crippen LogP contribution in [0, 0.1) is 11.8 Å². The third-order valence-corrected chi connectivity index (χ3v) is 6.58. The monoisotopic (exact) mass is 313 g/mol. The first-order valence-corrected chi connectivity index (χ1v) is 9.91. The summed E-state index contributed by atoms with van der Waals surface area (Å²) >= 11 is 2.09. The summed E-state index contributed by atoms with van der Waals surface area (Å²) in [7, 11) is 1.90. The molecule has 3 atom stereocenters. The minimum atomic E-state index is 0.184. The lowest BCUT2D eigenvalue weighted by atomic mass is 9.76. The maximum Gasteiger partial charge on any atom is 0.0755 e. The van der Waals surface area contributed by atoms with Gasteiger partial charge in [-0.3, -0.25) is 0 Å². The molecule has 0 aromatic rings. The second-order valence-electron chi connectivity index (χ2n) is 7.02. The molecule has 1 saturated carbocycles. The van der Waals surface area contributed by atoms with Gasteiger partial charge in [-0.2, -0.15) is 11.8 Å². The fourth-order valence-corrected chi connectivity index (χ4v) is 5.54. The molecular weight excluding hydrogens is 282 g/mol. The van der Waals surface area contributed by atoms with Gasteiger partial charge < -0.3 is 14.8 Å². The lowest BCUT2D eigenvalue weighted by Crippen LogP contribution is -2.53. The van der Waals surface area contributed by atoms with E-state index in [4.69, 9.17) is 9.47 Å². The highest BCUT2D eigenvalue weighted by Crippen LogP contribution is 2.44. The van der Waals surface area contributed by atoms with Crippen molar-refractivity contribution in [2.75, 3.05) is 31.8 Å². The number of thioether (sulfide) groups is 1. The fraction of sp³-hybridized carbons (Fsp3) is 1.00. The van der Waals surface area contributed by atoms with E-state index in [1.165, 1.54) is 50.0 Å². The van der Waals surface area contributed by atoms with Gasteiger partial charge in [0.15, 0.2) is 0 Å². The number of nitrogens with one attached hydrogen (secondary N) is 1. The van der Waals surface area contributed by atoms with Gasteiger partial charge in [-0.25, -0.2) is 0 Å². The normalized spacial score (nSPS) is 32.0. The van der Waals surface area contributed by atoms with Crippen LogP contribution in [0.2, 0.25) is 0 Å². The zero-order chi connectivity index (χ0) is 14.7. The van der Waals surface area contributed by atoms with Crippen LogP contribution >= 0.6 is 11.8 Å². The minimum absolute atomic E-state index is 0.184. The molecule has 1 N–H and O–H groups in total. The molecule has 1 spiro atoms. The highest BCUT2D eigenvalue weighted by Gasteiger charge is 2.45. The minimum Gasteiger partial charge on any atom is -0.380 e. The Kier molecular flexibility index (Phi) is 5.52. The first-order chi connectivity index (χ1) is 10.3. The average Bonchev–Trinajstić information content (AvgIpc) is 3.33. The summed E-state index contributed by atoms with van der Waals surface area (Å²) in [6.45, 7) is 4.20. The SMILES string of the molecule is CCNC(C1CCOC2(CCSCC2)C1)C(OC)C1CC1. The van der Waals surface area contributed by atoms with Crippen LogP contribution in [0.1, 0.15) is 45.4 Å². The van der Waals surface area contributed by atoms with Gasteiger partial charge in [-0.1, -0.05) is 6.92 Å². The second-order valence-corrected chi connectivity index (χ2v) is 8.24. The predicted octanol–water partition coefficient (Wildman–Crippen LogP) is 3.08. The van der Waals surface area contributed by atoms with Gasteiger partial charge >= 0.3 is 0 Å². The van der Waals surface area contributed by atoms with Gasteiger partial charge in [0.2, 0.25) is 0 Å². The summed E-state index contributed by atoms with van der Waals surface area (Å²) in [4.78, 5) is 0. The molecule has 0 aromatic carbocycles. The fourth-order valence-electron chi connectivity index (χ4n) is 4.31. The van der Waals surface area contributed by atoms with Crippen molar-refractivity contribution in [2.45, 2.75) is 63.2 Å². The molecule has 3 nitrogen and oxygen atoms in total. The number of hydrogen-bond acceptors (Lipinski definition) is 4. The summed E-state index contributed by atoms with van der Waals surface area (Å²) in [5.74, 6) is 4.05. The van der Waals surface area contributed by atoms with Crippen LogP contribution in [-0.4, -0.2) is 49.5 Å². The first-order valence-electron chi connectivity index (χ1n) is 8.76. The molecule has 122 valence electrons. The molecule has 0 bridgehead atoms. The van der Waals surface area contributed by atoms with Crippen molar-refractivity contribution in [1.29, 1.82) is 0 Å². The Bertz CT molecular complexity index is 323. The molecule has 3 unspecified atom stereocenters. The Morgan fingerprint density at radius 1 is 1.24 bits per heavy atom. The molecule has 3 aliphatic rings. The van der Waals surface area contributed by atoms with E-state index in [9.17, 15) is 0 Å². The van der Waals surface area contributed by atoms with E-state index in [2.05, 4.69) is 24.0 Å². The number of hydrogen-bond donors (Lipinski definition) is 1. The molecule has 3 rings (SSSR count). The zero-order valence-corrected chi connectivity index (χ0v) is 14.4. The van der Waals surface area contributed by atoms with Gasteiger partial charge in [0.1, 0.15) is 0 Å². The van der Waals surface area contributed by atoms with E-state index in [0.29, 0.717) is 18.1 Å². The zero-order valence-electron chi connectivity index (χ0n) is 13.6. The quantitative estimate of drug-likeness (QED) is 0.816. The van der Waals surface area contributed by atoms with Crippen molar-refractivity contribution < 1.29 is 9.47 Å². The molecule has 21 heavy (non-hydrogen) atoms. The Labute approximate surface area is 133 Å². The van der Waals surface area contributed by atoms with Crippen LogP contribution in [0.3, 0.4) is 0 Å². The van der Waals surface area contributed by atoms with E-state index in [1.54, 1.807) is 0 Å². The Morgan fingerprint density at radius 2 is 2.00 bits per heavy atom. The number of ether oxygens (including phenoxy) is 2. The molecule has 2 heterocycles. The van der Waals surface area contributed by atoms with Crippen molar-refractivity contribution in [3.8, 4) is 0 Å². The molecular formula is C17H31NO2S. The highest BCUT2D eigenvalue weighted by atomic mass is 32.2. The van der Waals surface area contributed by atoms with Crippen LogP contribution in [0.4, 0.5) is 0 Å². The maximum absolute atomic E-state index is 6.27. The maximum atomic E-state index is 6.27. The lowest BCUT2D eigenvalue weighted by Gasteiger charge is -2.46. The van der Waals surface area contributed by atoms with Gasteiger partial charge in [0.05, 0.1) is 11.7 Å². The van der Waals surface area contributed by atoms with Gasteiger partial charge in [0.25, 0.3) is 0 Å². The molecule has 0 radical (unpaired) electrons. The van der Waals surface area contributed by atoms with E-state index in [0.717, 1.165) is 19.1 Å². The molecule has 0 amide bonds. The molecule has 3 fully saturated rings. The molecule has 2 saturated heterocycles. The smallest absolute Gasteiger partial charge is 0.0755 e. The summed E-state index contributed by atoms with van der Waals surface area (Å²) < 4.78 is 12.2. The van der Waals surface area contributed by atoms with Crippen LogP contribution in [0.15, 0.2) is 0 Å². The Balaban J connectivity index is 1.68. The van der Waals surface area contributed by atoms with Crippen LogP contribution in [0.5, 0.6) is 0 Å². The van der Waals surface area contributed by atoms with Crippen molar-refractivity contribution in [1.82, 2.24) is 5.32 Å². The third kappa shape index (κ3) is 3.77. The third-order valence-electron chi connectivity index (χ3n) is 5.60. The molecule has 4 heteroatoms. The second kappa shape index (κ2) is 7.20. The molecule has 2 aliphatic heterocycles. The van der Waals surface area contributed by atoms with Crippen molar-refractivity contribution in [3.05, 3.63) is 0 Å². The van der Waals surface area contributed by atoms with E-state index in [1.807, 2.05) is 7.11 Å². The van der Waals surface area contributed by atoms with Crippen molar-refractivity contribution in [3.63, 3.8) is 0 Å². The largest absolute Gasteiger partial charge is 0.380 e. The summed E-state index contributed by atoms with van der Waals surface area (Å²) in [5.41, 5.74) is 0.184. The van der Waals surface area contributed by atoms with Crippen LogP contribution in [-0.2, 0) is 9.47 Å². The van der Waals surface area contributed by atoms with Crippen LogP contribution in [0.25, 0.3) is 0 Å². The Morgan fingerprint density at radius 3 is 2.62 bits per heavy atom. The topological polar surface area (TPSA) is 30.5 Å². The lowest BCUT2D eigenvalue weighted by molar-refractivity contribution is -0.116. The average molecular weight is 314 g/mol. The number of methoxy groups -OCH3 is 1. The number of likely N-dealkylation sites (N-methyl/N-ethyl adjacent to an activating group) is 1.